The number of aromatic nitrogens is 2. The lowest BCUT2D eigenvalue weighted by Crippen LogP contribution is -2.38. The van der Waals surface area contributed by atoms with Crippen LogP contribution in [0.3, 0.4) is 0 Å². The topological polar surface area (TPSA) is 66.1 Å². The van der Waals surface area contributed by atoms with Crippen molar-refractivity contribution in [2.75, 3.05) is 13.1 Å². The van der Waals surface area contributed by atoms with Gasteiger partial charge in [0, 0.05) is 18.8 Å². The van der Waals surface area contributed by atoms with Crippen LogP contribution in [-0.4, -0.2) is 36.0 Å². The second kappa shape index (κ2) is 7.58. The number of aryl methyl sites for hydroxylation is 1. The number of H-pyrrole nitrogens is 1. The summed E-state index contributed by atoms with van der Waals surface area (Å²) in [6.07, 6.45) is 2.84. The molecule has 0 bridgehead atoms. The Kier molecular flexibility index (Phi) is 5.16. The molecule has 0 spiro atoms. The number of nitrogens with one attached hydrogen (secondary N) is 1. The maximum absolute atomic E-state index is 13.0. The number of nitrogens with zero attached hydrogens (tertiary/aromatic N) is 2. The molecule has 7 heteroatoms. The van der Waals surface area contributed by atoms with E-state index >= 15 is 0 Å². The fourth-order valence-corrected chi connectivity index (χ4v) is 6.46. The van der Waals surface area contributed by atoms with Crippen LogP contribution >= 0.6 is 11.3 Å². The summed E-state index contributed by atoms with van der Waals surface area (Å²) in [5, 5.41) is 7.12. The molecule has 1 aliphatic heterocycles. The molecule has 0 unspecified atom stereocenters. The normalized spacial score (nSPS) is 16.6. The first-order chi connectivity index (χ1) is 13.0. The number of sulfonamides is 1. The van der Waals surface area contributed by atoms with Crippen LogP contribution in [0.5, 0.6) is 0 Å². The molecule has 5 nitrogen and oxygen atoms in total. The molecule has 0 saturated carbocycles. The van der Waals surface area contributed by atoms with E-state index < -0.39 is 10.0 Å². The van der Waals surface area contributed by atoms with Crippen LogP contribution in [0, 0.1) is 12.8 Å². The second-order valence-corrected chi connectivity index (χ2v) is 10.3. The predicted molar refractivity (Wildman–Crippen MR) is 108 cm³/mol. The largest absolute Gasteiger partial charge is 0.282 e. The lowest BCUT2D eigenvalue weighted by molar-refractivity contribution is 0.273. The van der Waals surface area contributed by atoms with E-state index in [1.54, 1.807) is 10.4 Å². The van der Waals surface area contributed by atoms with E-state index in [1.807, 2.05) is 25.1 Å². The highest BCUT2D eigenvalue weighted by Gasteiger charge is 2.30. The van der Waals surface area contributed by atoms with Crippen LogP contribution in [-0.2, 0) is 16.4 Å². The SMILES string of the molecule is Cc1cc(-c2ccc(S(=O)(=O)N3CCC(Cc4ccccc4)CC3)s2)n[nH]1. The molecule has 0 radical (unpaired) electrons. The summed E-state index contributed by atoms with van der Waals surface area (Å²) in [6, 6.07) is 15.9. The van der Waals surface area contributed by atoms with Gasteiger partial charge in [0.05, 0.1) is 4.88 Å². The molecule has 27 heavy (non-hydrogen) atoms. The van der Waals surface area contributed by atoms with Crippen LogP contribution in [0.2, 0.25) is 0 Å². The summed E-state index contributed by atoms with van der Waals surface area (Å²) in [6.45, 7) is 3.12. The Hall–Kier alpha value is -1.96. The summed E-state index contributed by atoms with van der Waals surface area (Å²) < 4.78 is 28.1. The third-order valence-electron chi connectivity index (χ3n) is 5.07. The molecule has 4 rings (SSSR count). The van der Waals surface area contributed by atoms with E-state index in [0.717, 1.165) is 35.5 Å². The number of hydrogen-bond acceptors (Lipinski definition) is 4. The minimum atomic E-state index is -3.42. The van der Waals surface area contributed by atoms with Gasteiger partial charge in [-0.2, -0.15) is 9.40 Å². The van der Waals surface area contributed by atoms with Crippen molar-refractivity contribution in [3.05, 3.63) is 59.8 Å². The molecule has 1 aromatic carbocycles. The fraction of sp³-hybridized carbons (Fsp3) is 0.350. The zero-order valence-electron chi connectivity index (χ0n) is 15.3. The van der Waals surface area contributed by atoms with Gasteiger partial charge in [0.15, 0.2) is 0 Å². The number of piperidine rings is 1. The number of hydrogen-bond donors (Lipinski definition) is 1. The molecule has 3 heterocycles. The van der Waals surface area contributed by atoms with Crippen molar-refractivity contribution in [3.63, 3.8) is 0 Å². The van der Waals surface area contributed by atoms with Gasteiger partial charge in [-0.1, -0.05) is 30.3 Å². The lowest BCUT2D eigenvalue weighted by Gasteiger charge is -2.30. The molecule has 142 valence electrons. The van der Waals surface area contributed by atoms with Crippen molar-refractivity contribution in [1.82, 2.24) is 14.5 Å². The van der Waals surface area contributed by atoms with Crippen molar-refractivity contribution in [2.45, 2.75) is 30.4 Å². The quantitative estimate of drug-likeness (QED) is 0.700. The van der Waals surface area contributed by atoms with Crippen molar-refractivity contribution in [1.29, 1.82) is 0 Å². The van der Waals surface area contributed by atoms with Gasteiger partial charge < -0.3 is 0 Å². The highest BCUT2D eigenvalue weighted by atomic mass is 32.2. The molecule has 3 aromatic rings. The first-order valence-electron chi connectivity index (χ1n) is 9.18. The Bertz CT molecular complexity index is 1000. The van der Waals surface area contributed by atoms with E-state index in [2.05, 4.69) is 34.5 Å². The average molecular weight is 402 g/mol. The number of aromatic amines is 1. The number of benzene rings is 1. The standard InChI is InChI=1S/C20H23N3O2S2/c1-15-13-18(22-21-15)19-7-8-20(26-19)27(24,25)23-11-9-17(10-12-23)14-16-5-3-2-4-6-16/h2-8,13,17H,9-12,14H2,1H3,(H,21,22). The Morgan fingerprint density at radius 2 is 1.89 bits per heavy atom. The van der Waals surface area contributed by atoms with Crippen LogP contribution in [0.1, 0.15) is 24.1 Å². The minimum absolute atomic E-state index is 0.402. The van der Waals surface area contributed by atoms with Gasteiger partial charge >= 0.3 is 0 Å². The third kappa shape index (κ3) is 4.00. The van der Waals surface area contributed by atoms with Crippen molar-refractivity contribution < 1.29 is 8.42 Å². The highest BCUT2D eigenvalue weighted by Crippen LogP contribution is 2.33. The van der Waals surface area contributed by atoms with E-state index in [9.17, 15) is 8.42 Å². The van der Waals surface area contributed by atoms with E-state index in [-0.39, 0.29) is 0 Å². The van der Waals surface area contributed by atoms with Crippen LogP contribution in [0.15, 0.2) is 52.7 Å². The van der Waals surface area contributed by atoms with Gasteiger partial charge in [0.2, 0.25) is 0 Å². The first kappa shape index (κ1) is 18.4. The summed E-state index contributed by atoms with van der Waals surface area (Å²) in [4.78, 5) is 0.872. The molecule has 1 fully saturated rings. The Balaban J connectivity index is 1.42. The highest BCUT2D eigenvalue weighted by molar-refractivity contribution is 7.91. The molecule has 2 aromatic heterocycles. The Morgan fingerprint density at radius 1 is 1.15 bits per heavy atom. The molecule has 0 atom stereocenters. The van der Waals surface area contributed by atoms with E-state index in [1.165, 1.54) is 16.9 Å². The molecular formula is C20H23N3O2S2. The monoisotopic (exact) mass is 401 g/mol. The molecular weight excluding hydrogens is 378 g/mol. The van der Waals surface area contributed by atoms with Gasteiger partial charge in [-0.15, -0.1) is 11.3 Å². The molecule has 0 aliphatic carbocycles. The predicted octanol–water partition coefficient (Wildman–Crippen LogP) is 4.09. The van der Waals surface area contributed by atoms with Crippen LogP contribution in [0.4, 0.5) is 0 Å². The minimum Gasteiger partial charge on any atom is -0.282 e. The van der Waals surface area contributed by atoms with Crippen molar-refractivity contribution >= 4 is 21.4 Å². The van der Waals surface area contributed by atoms with Crippen molar-refractivity contribution in [2.24, 2.45) is 5.92 Å². The Morgan fingerprint density at radius 3 is 2.56 bits per heavy atom. The maximum Gasteiger partial charge on any atom is 0.252 e. The first-order valence-corrected chi connectivity index (χ1v) is 11.4. The maximum atomic E-state index is 13.0. The van der Waals surface area contributed by atoms with Gasteiger partial charge in [-0.05, 0) is 55.9 Å². The molecule has 1 aliphatic rings. The van der Waals surface area contributed by atoms with E-state index in [0.29, 0.717) is 23.2 Å². The molecule has 0 amide bonds. The van der Waals surface area contributed by atoms with Crippen LogP contribution < -0.4 is 0 Å². The third-order valence-corrected chi connectivity index (χ3v) is 8.55. The lowest BCUT2D eigenvalue weighted by atomic mass is 9.91. The number of thiophene rings is 1. The second-order valence-electron chi connectivity index (χ2n) is 7.09. The Labute approximate surface area is 164 Å². The zero-order valence-corrected chi connectivity index (χ0v) is 16.9. The van der Waals surface area contributed by atoms with Crippen molar-refractivity contribution in [3.8, 4) is 10.6 Å². The smallest absolute Gasteiger partial charge is 0.252 e. The summed E-state index contributed by atoms with van der Waals surface area (Å²) in [7, 11) is -3.42. The zero-order chi connectivity index (χ0) is 18.9. The molecule has 1 N–H and O–H groups in total. The molecule has 1 saturated heterocycles. The number of rotatable bonds is 5. The summed E-state index contributed by atoms with van der Waals surface area (Å²) >= 11 is 1.29. The van der Waals surface area contributed by atoms with Gasteiger partial charge in [0.1, 0.15) is 9.90 Å². The van der Waals surface area contributed by atoms with Gasteiger partial charge in [-0.25, -0.2) is 8.42 Å². The van der Waals surface area contributed by atoms with E-state index in [4.69, 9.17) is 0 Å². The van der Waals surface area contributed by atoms with Gasteiger partial charge in [-0.3, -0.25) is 5.10 Å². The summed E-state index contributed by atoms with van der Waals surface area (Å²) in [5.41, 5.74) is 3.08. The van der Waals surface area contributed by atoms with Crippen LogP contribution in [0.25, 0.3) is 10.6 Å². The van der Waals surface area contributed by atoms with Gasteiger partial charge in [0.25, 0.3) is 10.0 Å². The summed E-state index contributed by atoms with van der Waals surface area (Å²) in [5.74, 6) is 0.546. The fourth-order valence-electron chi connectivity index (χ4n) is 3.57. The average Bonchev–Trinajstić information content (AvgIpc) is 3.32.